The van der Waals surface area contributed by atoms with Crippen molar-refractivity contribution in [3.05, 3.63) is 55.6 Å². The number of nitrogens with one attached hydrogen (secondary N) is 1. The molecule has 0 radical (unpaired) electrons. The molecule has 0 aliphatic carbocycles. The summed E-state index contributed by atoms with van der Waals surface area (Å²) in [7, 11) is 0. The smallest absolute Gasteiger partial charge is 0.262 e. The third kappa shape index (κ3) is 2.96. The van der Waals surface area contributed by atoms with Crippen LogP contribution < -0.4 is 10.1 Å². The molecule has 1 amide bonds. The summed E-state index contributed by atoms with van der Waals surface area (Å²) in [5, 5.41) is 2.71. The van der Waals surface area contributed by atoms with Crippen LogP contribution in [0.5, 0.6) is 5.75 Å². The Bertz CT molecular complexity index is 761. The van der Waals surface area contributed by atoms with E-state index in [1.54, 1.807) is 24.3 Å². The molecule has 6 heteroatoms. The van der Waals surface area contributed by atoms with Gasteiger partial charge in [-0.15, -0.1) is 0 Å². The van der Waals surface area contributed by atoms with E-state index >= 15 is 0 Å². The van der Waals surface area contributed by atoms with Crippen molar-refractivity contribution < 1.29 is 14.3 Å². The third-order valence-electron chi connectivity index (χ3n) is 3.05. The Labute approximate surface area is 143 Å². The van der Waals surface area contributed by atoms with Gasteiger partial charge in [0.15, 0.2) is 12.4 Å². The fraction of sp³-hybridized carbons (Fsp3) is 0.0667. The molecular formula is C15H9BrINO3. The standard InChI is InChI=1S/C15H9BrINO3/c16-9-2-3-11(17)10(6-9)15(20)8-1-4-13-12(5-8)18-14(19)7-21-13/h1-6H,7H2,(H,18,19). The second-order valence-corrected chi connectivity index (χ2v) is 6.58. The second-order valence-electron chi connectivity index (χ2n) is 4.50. The molecule has 0 aromatic heterocycles. The second kappa shape index (κ2) is 5.76. The van der Waals surface area contributed by atoms with Crippen molar-refractivity contribution in [3.8, 4) is 5.75 Å². The van der Waals surface area contributed by atoms with Gasteiger partial charge in [0.1, 0.15) is 5.75 Å². The summed E-state index contributed by atoms with van der Waals surface area (Å²) < 4.78 is 7.01. The fourth-order valence-corrected chi connectivity index (χ4v) is 2.99. The molecule has 21 heavy (non-hydrogen) atoms. The Morgan fingerprint density at radius 2 is 2.05 bits per heavy atom. The van der Waals surface area contributed by atoms with E-state index in [1.165, 1.54) is 0 Å². The number of benzene rings is 2. The van der Waals surface area contributed by atoms with E-state index in [1.807, 2.05) is 12.1 Å². The van der Waals surface area contributed by atoms with Gasteiger partial charge in [-0.05, 0) is 59.0 Å². The molecule has 106 valence electrons. The van der Waals surface area contributed by atoms with E-state index in [2.05, 4.69) is 43.8 Å². The maximum absolute atomic E-state index is 12.6. The summed E-state index contributed by atoms with van der Waals surface area (Å²) >= 11 is 5.50. The van der Waals surface area contributed by atoms with Crippen LogP contribution in [-0.4, -0.2) is 18.3 Å². The fourth-order valence-electron chi connectivity index (χ4n) is 2.05. The first-order valence-corrected chi connectivity index (χ1v) is 7.98. The van der Waals surface area contributed by atoms with Crippen molar-refractivity contribution in [1.29, 1.82) is 0 Å². The van der Waals surface area contributed by atoms with Gasteiger partial charge in [-0.3, -0.25) is 9.59 Å². The lowest BCUT2D eigenvalue weighted by molar-refractivity contribution is -0.118. The normalized spacial score (nSPS) is 13.1. The first-order valence-electron chi connectivity index (χ1n) is 6.11. The maximum Gasteiger partial charge on any atom is 0.262 e. The van der Waals surface area contributed by atoms with E-state index in [0.29, 0.717) is 22.6 Å². The lowest BCUT2D eigenvalue weighted by Crippen LogP contribution is -2.25. The van der Waals surface area contributed by atoms with Gasteiger partial charge in [-0.25, -0.2) is 0 Å². The summed E-state index contributed by atoms with van der Waals surface area (Å²) in [5.41, 5.74) is 1.66. The van der Waals surface area contributed by atoms with Crippen LogP contribution in [0.25, 0.3) is 0 Å². The predicted molar refractivity (Wildman–Crippen MR) is 90.9 cm³/mol. The van der Waals surface area contributed by atoms with E-state index in [0.717, 1.165) is 8.04 Å². The van der Waals surface area contributed by atoms with Crippen molar-refractivity contribution >= 4 is 55.9 Å². The summed E-state index contributed by atoms with van der Waals surface area (Å²) in [6.07, 6.45) is 0. The first-order chi connectivity index (χ1) is 10.0. The molecule has 4 nitrogen and oxygen atoms in total. The molecule has 1 aliphatic rings. The maximum atomic E-state index is 12.6. The van der Waals surface area contributed by atoms with Crippen molar-refractivity contribution in [2.75, 3.05) is 11.9 Å². The predicted octanol–water partition coefficient (Wildman–Crippen LogP) is 3.62. The Balaban J connectivity index is 2.00. The van der Waals surface area contributed by atoms with Gasteiger partial charge in [0.2, 0.25) is 0 Å². The van der Waals surface area contributed by atoms with Gasteiger partial charge in [0.05, 0.1) is 5.69 Å². The number of carbonyl (C=O) groups is 2. The Kier molecular flexibility index (Phi) is 3.99. The van der Waals surface area contributed by atoms with Gasteiger partial charge < -0.3 is 10.1 Å². The molecule has 0 unspecified atom stereocenters. The Morgan fingerprint density at radius 3 is 2.86 bits per heavy atom. The molecule has 2 aromatic rings. The van der Waals surface area contributed by atoms with Crippen molar-refractivity contribution in [2.45, 2.75) is 0 Å². The van der Waals surface area contributed by atoms with E-state index < -0.39 is 0 Å². The number of anilines is 1. The van der Waals surface area contributed by atoms with E-state index in [-0.39, 0.29) is 18.3 Å². The quantitative estimate of drug-likeness (QED) is 0.553. The molecule has 0 saturated heterocycles. The third-order valence-corrected chi connectivity index (χ3v) is 4.48. The minimum absolute atomic E-state index is 0.00379. The Morgan fingerprint density at radius 1 is 1.24 bits per heavy atom. The highest BCUT2D eigenvalue weighted by atomic mass is 127. The van der Waals surface area contributed by atoms with Crippen LogP contribution >= 0.6 is 38.5 Å². The van der Waals surface area contributed by atoms with Crippen LogP contribution in [-0.2, 0) is 4.79 Å². The number of fused-ring (bicyclic) bond motifs is 1. The van der Waals surface area contributed by atoms with Crippen LogP contribution in [0, 0.1) is 3.57 Å². The summed E-state index contributed by atoms with van der Waals surface area (Å²) in [4.78, 5) is 24.0. The van der Waals surface area contributed by atoms with Gasteiger partial charge in [-0.1, -0.05) is 15.9 Å². The van der Waals surface area contributed by atoms with Crippen LogP contribution in [0.4, 0.5) is 5.69 Å². The summed E-state index contributed by atoms with van der Waals surface area (Å²) in [5.74, 6) is 0.266. The number of hydrogen-bond donors (Lipinski definition) is 1. The minimum atomic E-state index is -0.218. The van der Waals surface area contributed by atoms with Crippen LogP contribution in [0.15, 0.2) is 40.9 Å². The average Bonchev–Trinajstić information content (AvgIpc) is 2.48. The molecule has 0 saturated carbocycles. The molecule has 3 rings (SSSR count). The lowest BCUT2D eigenvalue weighted by atomic mass is 10.0. The van der Waals surface area contributed by atoms with E-state index in [4.69, 9.17) is 4.74 Å². The molecule has 0 fully saturated rings. The Hall–Kier alpha value is -1.41. The van der Waals surface area contributed by atoms with Crippen molar-refractivity contribution in [3.63, 3.8) is 0 Å². The first kappa shape index (κ1) is 14.5. The molecule has 0 atom stereocenters. The van der Waals surface area contributed by atoms with Gasteiger partial charge in [0, 0.05) is 19.2 Å². The number of ketones is 1. The van der Waals surface area contributed by atoms with Crippen LogP contribution in [0.3, 0.4) is 0 Å². The number of amides is 1. The number of rotatable bonds is 2. The van der Waals surface area contributed by atoms with Gasteiger partial charge in [-0.2, -0.15) is 0 Å². The van der Waals surface area contributed by atoms with Gasteiger partial charge >= 0.3 is 0 Å². The topological polar surface area (TPSA) is 55.4 Å². The average molecular weight is 458 g/mol. The molecule has 1 aliphatic heterocycles. The van der Waals surface area contributed by atoms with Crippen LogP contribution in [0.1, 0.15) is 15.9 Å². The number of hydrogen-bond acceptors (Lipinski definition) is 3. The zero-order chi connectivity index (χ0) is 15.0. The van der Waals surface area contributed by atoms with E-state index in [9.17, 15) is 9.59 Å². The zero-order valence-corrected chi connectivity index (χ0v) is 14.4. The molecule has 0 bridgehead atoms. The largest absolute Gasteiger partial charge is 0.482 e. The number of carbonyl (C=O) groups excluding carboxylic acids is 2. The monoisotopic (exact) mass is 457 g/mol. The number of ether oxygens (including phenoxy) is 1. The molecular weight excluding hydrogens is 449 g/mol. The molecule has 1 N–H and O–H groups in total. The lowest BCUT2D eigenvalue weighted by Gasteiger charge is -2.18. The zero-order valence-electron chi connectivity index (χ0n) is 10.7. The molecule has 2 aromatic carbocycles. The van der Waals surface area contributed by atoms with Crippen molar-refractivity contribution in [2.24, 2.45) is 0 Å². The molecule has 1 heterocycles. The van der Waals surface area contributed by atoms with Crippen LogP contribution in [0.2, 0.25) is 0 Å². The van der Waals surface area contributed by atoms with Gasteiger partial charge in [0.25, 0.3) is 5.91 Å². The highest BCUT2D eigenvalue weighted by Gasteiger charge is 2.19. The highest BCUT2D eigenvalue weighted by molar-refractivity contribution is 14.1. The van der Waals surface area contributed by atoms with Crippen molar-refractivity contribution in [1.82, 2.24) is 0 Å². The summed E-state index contributed by atoms with van der Waals surface area (Å²) in [6, 6.07) is 10.6. The highest BCUT2D eigenvalue weighted by Crippen LogP contribution is 2.30. The summed E-state index contributed by atoms with van der Waals surface area (Å²) in [6.45, 7) is 0.00379. The SMILES string of the molecule is O=C1COc2ccc(C(=O)c3cc(Br)ccc3I)cc2N1. The number of halogens is 2. The minimum Gasteiger partial charge on any atom is -0.482 e. The molecule has 0 spiro atoms.